The molecule has 0 spiro atoms. The number of hydrogen-bond acceptors (Lipinski definition) is 13. The lowest BCUT2D eigenvalue weighted by Gasteiger charge is -2.43. The molecule has 3 N–H and O–H groups in total. The quantitative estimate of drug-likeness (QED) is 0.0519. The molecule has 1 saturated carbocycles. The van der Waals surface area contributed by atoms with Crippen LogP contribution < -0.4 is 14.8 Å². The molecule has 15 nitrogen and oxygen atoms in total. The average molecular weight is 686 g/mol. The number of fused-ring (bicyclic) bond motifs is 2. The molecule has 266 valence electrons. The van der Waals surface area contributed by atoms with Crippen molar-refractivity contribution in [2.45, 2.75) is 89.1 Å². The predicted molar refractivity (Wildman–Crippen MR) is 186 cm³/mol. The fraction of sp³-hybridized carbons (Fsp3) is 0.571. The van der Waals surface area contributed by atoms with Gasteiger partial charge in [-0.15, -0.1) is 5.10 Å². The maximum atomic E-state index is 9.64. The van der Waals surface area contributed by atoms with Crippen LogP contribution in [-0.4, -0.2) is 99.8 Å². The second-order valence-corrected chi connectivity index (χ2v) is 13.1. The van der Waals surface area contributed by atoms with Crippen molar-refractivity contribution < 1.29 is 18.9 Å². The van der Waals surface area contributed by atoms with Gasteiger partial charge in [0.15, 0.2) is 0 Å². The molecule has 3 atom stereocenters. The van der Waals surface area contributed by atoms with Gasteiger partial charge in [0.1, 0.15) is 29.9 Å². The predicted octanol–water partition coefficient (Wildman–Crippen LogP) is 5.73. The van der Waals surface area contributed by atoms with Gasteiger partial charge in [0.2, 0.25) is 5.95 Å². The van der Waals surface area contributed by atoms with Crippen LogP contribution in [0.1, 0.15) is 70.4 Å². The third-order valence-corrected chi connectivity index (χ3v) is 9.72. The number of hydrogen-bond donors (Lipinski definition) is 3. The van der Waals surface area contributed by atoms with Crippen molar-refractivity contribution in [3.8, 4) is 28.8 Å². The lowest BCUT2D eigenvalue weighted by atomic mass is 9.89. The topological polar surface area (TPSA) is 183 Å². The third-order valence-electron chi connectivity index (χ3n) is 9.72. The summed E-state index contributed by atoms with van der Waals surface area (Å²) in [5.41, 5.74) is 9.77. The largest absolute Gasteiger partial charge is 0.487 e. The van der Waals surface area contributed by atoms with E-state index >= 15 is 0 Å². The molecule has 6 rings (SSSR count). The van der Waals surface area contributed by atoms with Gasteiger partial charge in [0.25, 0.3) is 5.88 Å². The molecule has 2 bridgehead atoms. The Hall–Kier alpha value is -4.65. The van der Waals surface area contributed by atoms with Gasteiger partial charge in [-0.25, -0.2) is 15.0 Å². The summed E-state index contributed by atoms with van der Waals surface area (Å²) < 4.78 is 25.5. The number of benzene rings is 1. The van der Waals surface area contributed by atoms with E-state index < -0.39 is 6.10 Å². The van der Waals surface area contributed by atoms with Gasteiger partial charge in [-0.3, -0.25) is 15.0 Å². The van der Waals surface area contributed by atoms with Gasteiger partial charge in [0, 0.05) is 55.7 Å². The normalized spacial score (nSPS) is 22.3. The van der Waals surface area contributed by atoms with Gasteiger partial charge < -0.3 is 24.3 Å². The molecular formula is C35H47N11O4. The minimum Gasteiger partial charge on any atom is -0.487 e. The maximum Gasteiger partial charge on any atom is 0.256 e. The molecule has 3 aromatic rings. The van der Waals surface area contributed by atoms with E-state index in [1.54, 1.807) is 31.5 Å². The number of nitriles is 1. The lowest BCUT2D eigenvalue weighted by Crippen LogP contribution is -2.52. The Morgan fingerprint density at radius 2 is 1.80 bits per heavy atom. The van der Waals surface area contributed by atoms with Crippen molar-refractivity contribution >= 4 is 18.0 Å². The second-order valence-electron chi connectivity index (χ2n) is 13.1. The Morgan fingerprint density at radius 3 is 2.48 bits per heavy atom. The molecule has 2 saturated heterocycles. The summed E-state index contributed by atoms with van der Waals surface area (Å²) >= 11 is 0. The summed E-state index contributed by atoms with van der Waals surface area (Å²) in [5.74, 6) is 1.31. The second kappa shape index (κ2) is 16.8. The number of anilines is 2. The zero-order chi connectivity index (χ0) is 34.9. The smallest absolute Gasteiger partial charge is 0.256 e. The van der Waals surface area contributed by atoms with Crippen molar-refractivity contribution in [3.63, 3.8) is 0 Å². The van der Waals surface area contributed by atoms with Gasteiger partial charge in [-0.05, 0) is 70.1 Å². The lowest BCUT2D eigenvalue weighted by molar-refractivity contribution is -0.0458. The molecule has 0 radical (unpaired) electrons. The molecule has 4 heterocycles. The molecule has 0 amide bonds. The molecule has 2 aromatic heterocycles. The van der Waals surface area contributed by atoms with Crippen molar-refractivity contribution in [2.75, 3.05) is 44.9 Å². The van der Waals surface area contributed by atoms with Crippen molar-refractivity contribution in [2.24, 2.45) is 5.22 Å². The Morgan fingerprint density at radius 1 is 1.08 bits per heavy atom. The maximum absolute atomic E-state index is 9.64. The first-order valence-electron chi connectivity index (χ1n) is 17.6. The zero-order valence-corrected chi connectivity index (χ0v) is 28.8. The number of nitrogens with zero attached hydrogens (tertiary/aromatic N) is 8. The average Bonchev–Trinajstić information content (AvgIpc) is 3.66. The van der Waals surface area contributed by atoms with Crippen molar-refractivity contribution in [3.05, 3.63) is 42.4 Å². The molecule has 1 aromatic carbocycles. The van der Waals surface area contributed by atoms with Gasteiger partial charge in [-0.2, -0.15) is 10.8 Å². The van der Waals surface area contributed by atoms with Crippen molar-refractivity contribution in [1.29, 1.82) is 16.2 Å². The van der Waals surface area contributed by atoms with E-state index in [0.717, 1.165) is 67.8 Å². The van der Waals surface area contributed by atoms with Crippen LogP contribution in [-0.2, 0) is 9.47 Å². The van der Waals surface area contributed by atoms with Crippen LogP contribution in [0.4, 0.5) is 11.6 Å². The molecule has 3 fully saturated rings. The highest BCUT2D eigenvalue weighted by Gasteiger charge is 2.42. The fourth-order valence-electron chi connectivity index (χ4n) is 7.30. The van der Waals surface area contributed by atoms with Crippen LogP contribution in [0, 0.1) is 22.3 Å². The van der Waals surface area contributed by atoms with E-state index in [1.807, 2.05) is 19.2 Å². The Balaban J connectivity index is 1.13. The highest BCUT2D eigenvalue weighted by Crippen LogP contribution is 2.39. The van der Waals surface area contributed by atoms with E-state index in [-0.39, 0.29) is 6.54 Å². The molecule has 1 aliphatic carbocycles. The highest BCUT2D eigenvalue weighted by molar-refractivity contribution is 5.67. The Bertz CT molecular complexity index is 1600. The molecular weight excluding hydrogens is 638 g/mol. The van der Waals surface area contributed by atoms with Crippen LogP contribution in [0.2, 0.25) is 0 Å². The van der Waals surface area contributed by atoms with E-state index in [2.05, 4.69) is 36.2 Å². The number of ether oxygens (including phenoxy) is 4. The zero-order valence-electron chi connectivity index (χ0n) is 28.8. The van der Waals surface area contributed by atoms with Crippen LogP contribution >= 0.6 is 0 Å². The molecule has 50 heavy (non-hydrogen) atoms. The summed E-state index contributed by atoms with van der Waals surface area (Å²) in [7, 11) is 0. The first-order valence-corrected chi connectivity index (χ1v) is 17.6. The summed E-state index contributed by atoms with van der Waals surface area (Å²) in [5, 5.41) is 29.6. The van der Waals surface area contributed by atoms with Gasteiger partial charge in [-0.1, -0.05) is 11.3 Å². The van der Waals surface area contributed by atoms with E-state index in [4.69, 9.17) is 35.0 Å². The number of nitrogens with one attached hydrogen (secondary N) is 3. The standard InChI is InChI=1S/C35H47N11O4/c1-3-47-13-4-14-49-34-32(20-45(42-34)28-7-9-29(10-8-28)46-30-11-12-31(46)22-48-21-30)41-35-39-17-27(18-40-35)25-5-6-26(16-36)33(15-25)50-24(2)19-44(23-37)43-38/h5-6,15,17-18,20,23-24,28-31,37-38H,3-4,7-14,19,21-22H2,1-2H3,(H,39,40,41)/t24-,28-,29-,30+,31?/m0/s1. The van der Waals surface area contributed by atoms with Crippen LogP contribution in [0.15, 0.2) is 42.0 Å². The summed E-state index contributed by atoms with van der Waals surface area (Å²) in [6.07, 6.45) is 13.7. The van der Waals surface area contributed by atoms with E-state index in [9.17, 15) is 5.26 Å². The van der Waals surface area contributed by atoms with Crippen LogP contribution in [0.25, 0.3) is 11.1 Å². The Labute approximate surface area is 292 Å². The number of rotatable bonds is 17. The van der Waals surface area contributed by atoms with E-state index in [1.165, 1.54) is 12.8 Å². The molecule has 1 unspecified atom stereocenters. The Kier molecular flexibility index (Phi) is 11.9. The van der Waals surface area contributed by atoms with Crippen LogP contribution in [0.5, 0.6) is 11.6 Å². The minimum atomic E-state index is -0.428. The summed E-state index contributed by atoms with van der Waals surface area (Å²) in [6, 6.07) is 9.50. The minimum absolute atomic E-state index is 0.191. The number of aromatic nitrogens is 4. The SMILES string of the molecule is CCOCCCOc1nn([C@H]2CC[C@H](N3C4CC[C@@H]3COC4)CC2)cc1Nc1ncc(-c2ccc(C#N)c(O[C@@H](C)CN(C=N)N=N)c2)cn1. The third kappa shape index (κ3) is 8.38. The summed E-state index contributed by atoms with van der Waals surface area (Å²) in [6.45, 7) is 7.49. The number of morpholine rings is 1. The summed E-state index contributed by atoms with van der Waals surface area (Å²) in [4.78, 5) is 11.9. The van der Waals surface area contributed by atoms with Crippen LogP contribution in [0.3, 0.4) is 0 Å². The van der Waals surface area contributed by atoms with E-state index in [0.29, 0.717) is 72.8 Å². The van der Waals surface area contributed by atoms with Gasteiger partial charge in [0.05, 0.1) is 44.2 Å². The molecule has 15 heteroatoms. The first-order chi connectivity index (χ1) is 24.5. The molecule has 2 aliphatic heterocycles. The van der Waals surface area contributed by atoms with Gasteiger partial charge >= 0.3 is 0 Å². The fourth-order valence-corrected chi connectivity index (χ4v) is 7.30. The highest BCUT2D eigenvalue weighted by atomic mass is 16.5. The monoisotopic (exact) mass is 685 g/mol. The first kappa shape index (κ1) is 35.2. The molecule has 3 aliphatic rings. The van der Waals surface area contributed by atoms with Crippen molar-refractivity contribution in [1.82, 2.24) is 29.7 Å².